The van der Waals surface area contributed by atoms with E-state index in [0.717, 1.165) is 22.2 Å². The van der Waals surface area contributed by atoms with E-state index in [9.17, 15) is 9.00 Å². The topological polar surface area (TPSA) is 59.1 Å². The van der Waals surface area contributed by atoms with Crippen molar-refractivity contribution in [2.45, 2.75) is 5.75 Å². The first-order valence-corrected chi connectivity index (χ1v) is 8.90. The number of carbonyl (C=O) groups excluding carboxylic acids is 1. The predicted molar refractivity (Wildman–Crippen MR) is 93.9 cm³/mol. The van der Waals surface area contributed by atoms with Crippen LogP contribution in [0.5, 0.6) is 0 Å². The molecule has 1 heterocycles. The van der Waals surface area contributed by atoms with Crippen molar-refractivity contribution in [3.8, 4) is 0 Å². The highest BCUT2D eigenvalue weighted by Gasteiger charge is 2.09. The Labute approximate surface area is 137 Å². The molecular weight excluding hydrogens is 308 g/mol. The fourth-order valence-corrected chi connectivity index (χ4v) is 3.09. The molecule has 0 aliphatic carbocycles. The maximum Gasteiger partial charge on any atom is 0.255 e. The van der Waals surface area contributed by atoms with Gasteiger partial charge in [-0.1, -0.05) is 18.2 Å². The van der Waals surface area contributed by atoms with Crippen LogP contribution in [0.25, 0.3) is 10.9 Å². The van der Waals surface area contributed by atoms with Crippen molar-refractivity contribution in [3.63, 3.8) is 0 Å². The third kappa shape index (κ3) is 3.63. The van der Waals surface area contributed by atoms with Gasteiger partial charge in [0.2, 0.25) is 0 Å². The fourth-order valence-electron chi connectivity index (χ4n) is 2.44. The average Bonchev–Trinajstić information content (AvgIpc) is 2.55. The Morgan fingerprint density at radius 3 is 2.78 bits per heavy atom. The zero-order valence-corrected chi connectivity index (χ0v) is 13.5. The summed E-state index contributed by atoms with van der Waals surface area (Å²) in [5, 5.41) is 3.82. The van der Waals surface area contributed by atoms with E-state index in [4.69, 9.17) is 0 Å². The quantitative estimate of drug-likeness (QED) is 0.800. The van der Waals surface area contributed by atoms with Gasteiger partial charge in [-0.05, 0) is 42.0 Å². The summed E-state index contributed by atoms with van der Waals surface area (Å²) in [6, 6.07) is 16.6. The molecule has 3 aromatic rings. The third-order valence-electron chi connectivity index (χ3n) is 3.45. The Morgan fingerprint density at radius 2 is 1.96 bits per heavy atom. The van der Waals surface area contributed by atoms with E-state index in [1.54, 1.807) is 24.6 Å². The third-order valence-corrected chi connectivity index (χ3v) is 4.19. The van der Waals surface area contributed by atoms with Gasteiger partial charge in [0, 0.05) is 40.0 Å². The number of hydrogen-bond acceptors (Lipinski definition) is 3. The number of nitrogens with zero attached hydrogens (tertiary/aromatic N) is 1. The van der Waals surface area contributed by atoms with Crippen LogP contribution in [-0.2, 0) is 16.6 Å². The van der Waals surface area contributed by atoms with Crippen molar-refractivity contribution in [1.82, 2.24) is 4.98 Å². The van der Waals surface area contributed by atoms with Crippen LogP contribution in [0.2, 0.25) is 0 Å². The van der Waals surface area contributed by atoms with Crippen LogP contribution in [-0.4, -0.2) is 21.4 Å². The average molecular weight is 324 g/mol. The molecule has 4 nitrogen and oxygen atoms in total. The molecule has 0 saturated carbocycles. The maximum absolute atomic E-state index is 12.5. The number of aromatic nitrogens is 1. The van der Waals surface area contributed by atoms with E-state index < -0.39 is 10.8 Å². The van der Waals surface area contributed by atoms with Gasteiger partial charge in [-0.2, -0.15) is 0 Å². The van der Waals surface area contributed by atoms with E-state index in [1.807, 2.05) is 42.5 Å². The number of hydrogen-bond donors (Lipinski definition) is 1. The van der Waals surface area contributed by atoms with Crippen LogP contribution in [0.1, 0.15) is 15.9 Å². The minimum absolute atomic E-state index is 0.190. The van der Waals surface area contributed by atoms with Crippen molar-refractivity contribution in [1.29, 1.82) is 0 Å². The van der Waals surface area contributed by atoms with Crippen LogP contribution in [0, 0.1) is 0 Å². The van der Waals surface area contributed by atoms with Crippen LogP contribution in [0.3, 0.4) is 0 Å². The highest BCUT2D eigenvalue weighted by atomic mass is 32.2. The molecule has 0 bridgehead atoms. The highest BCUT2D eigenvalue weighted by molar-refractivity contribution is 7.83. The lowest BCUT2D eigenvalue weighted by molar-refractivity contribution is 0.102. The fraction of sp³-hybridized carbons (Fsp3) is 0.111. The summed E-state index contributed by atoms with van der Waals surface area (Å²) in [7, 11) is -0.935. The first-order valence-electron chi connectivity index (χ1n) is 7.17. The molecule has 0 saturated heterocycles. The van der Waals surface area contributed by atoms with Gasteiger partial charge < -0.3 is 5.32 Å². The first kappa shape index (κ1) is 15.4. The van der Waals surface area contributed by atoms with Crippen LogP contribution in [0.15, 0.2) is 60.8 Å². The van der Waals surface area contributed by atoms with Crippen LogP contribution >= 0.6 is 0 Å². The van der Waals surface area contributed by atoms with Crippen molar-refractivity contribution < 1.29 is 9.00 Å². The Hall–Kier alpha value is -2.53. The second-order valence-electron chi connectivity index (χ2n) is 5.25. The molecule has 2 aromatic carbocycles. The van der Waals surface area contributed by atoms with E-state index in [-0.39, 0.29) is 5.91 Å². The number of rotatable bonds is 4. The molecule has 1 amide bonds. The summed E-state index contributed by atoms with van der Waals surface area (Å²) in [6.45, 7) is 0. The highest BCUT2D eigenvalue weighted by Crippen LogP contribution is 2.22. The lowest BCUT2D eigenvalue weighted by Crippen LogP contribution is -2.12. The Morgan fingerprint density at radius 1 is 1.13 bits per heavy atom. The first-order chi connectivity index (χ1) is 11.1. The molecule has 1 N–H and O–H groups in total. The summed E-state index contributed by atoms with van der Waals surface area (Å²) in [4.78, 5) is 16.8. The van der Waals surface area contributed by atoms with Gasteiger partial charge in [-0.3, -0.25) is 14.0 Å². The van der Waals surface area contributed by atoms with E-state index in [1.165, 1.54) is 0 Å². The summed E-state index contributed by atoms with van der Waals surface area (Å²) in [5.74, 6) is 0.254. The molecule has 3 rings (SSSR count). The predicted octanol–water partition coefficient (Wildman–Crippen LogP) is 3.37. The zero-order chi connectivity index (χ0) is 16.2. The molecule has 1 atom stereocenters. The van der Waals surface area contributed by atoms with Gasteiger partial charge in [-0.25, -0.2) is 0 Å². The summed E-state index contributed by atoms with van der Waals surface area (Å²) < 4.78 is 11.3. The van der Waals surface area contributed by atoms with E-state index in [2.05, 4.69) is 10.3 Å². The number of benzene rings is 2. The summed E-state index contributed by atoms with van der Waals surface area (Å²) >= 11 is 0. The largest absolute Gasteiger partial charge is 0.321 e. The molecule has 0 spiro atoms. The number of amides is 1. The molecule has 23 heavy (non-hydrogen) atoms. The normalized spacial score (nSPS) is 12.0. The van der Waals surface area contributed by atoms with Gasteiger partial charge in [0.05, 0.1) is 11.2 Å². The number of anilines is 1. The van der Waals surface area contributed by atoms with Crippen molar-refractivity contribution in [2.75, 3.05) is 11.6 Å². The van der Waals surface area contributed by atoms with Crippen molar-refractivity contribution >= 4 is 33.3 Å². The molecule has 0 fully saturated rings. The molecule has 0 aliphatic heterocycles. The molecule has 1 aromatic heterocycles. The Balaban J connectivity index is 1.88. The zero-order valence-electron chi connectivity index (χ0n) is 12.7. The number of carbonyl (C=O) groups is 1. The molecule has 0 aliphatic rings. The number of pyridine rings is 1. The van der Waals surface area contributed by atoms with Gasteiger partial charge in [-0.15, -0.1) is 0 Å². The van der Waals surface area contributed by atoms with Gasteiger partial charge in [0.15, 0.2) is 0 Å². The second-order valence-corrected chi connectivity index (χ2v) is 6.68. The molecule has 116 valence electrons. The Bertz CT molecular complexity index is 888. The minimum atomic E-state index is -0.935. The van der Waals surface area contributed by atoms with E-state index >= 15 is 0 Å². The summed E-state index contributed by atoms with van der Waals surface area (Å²) in [5.41, 5.74) is 3.00. The van der Waals surface area contributed by atoms with Crippen LogP contribution in [0.4, 0.5) is 5.69 Å². The van der Waals surface area contributed by atoms with Crippen LogP contribution < -0.4 is 5.32 Å². The number of fused-ring (bicyclic) bond motifs is 1. The summed E-state index contributed by atoms with van der Waals surface area (Å²) in [6.07, 6.45) is 3.37. The molecular formula is C18H16N2O2S. The minimum Gasteiger partial charge on any atom is -0.321 e. The Kier molecular flexibility index (Phi) is 4.48. The lowest BCUT2D eigenvalue weighted by Gasteiger charge is -2.09. The molecule has 5 heteroatoms. The SMILES string of the molecule is CS(=O)Cc1cccc(C(=O)Nc2cccc3ncccc23)c1. The lowest BCUT2D eigenvalue weighted by atomic mass is 10.1. The smallest absolute Gasteiger partial charge is 0.255 e. The second kappa shape index (κ2) is 6.71. The van der Waals surface area contributed by atoms with Crippen molar-refractivity contribution in [2.24, 2.45) is 0 Å². The van der Waals surface area contributed by atoms with Gasteiger partial charge in [0.1, 0.15) is 0 Å². The standard InChI is InChI=1S/C18H16N2O2S/c1-23(22)12-13-5-2-6-14(11-13)18(21)20-17-9-3-8-16-15(17)7-4-10-19-16/h2-11H,12H2,1H3,(H,20,21). The maximum atomic E-state index is 12.5. The molecule has 0 radical (unpaired) electrons. The van der Waals surface area contributed by atoms with Gasteiger partial charge in [0.25, 0.3) is 5.91 Å². The monoisotopic (exact) mass is 324 g/mol. The van der Waals surface area contributed by atoms with Crippen molar-refractivity contribution in [3.05, 3.63) is 71.9 Å². The number of nitrogens with one attached hydrogen (secondary N) is 1. The molecule has 1 unspecified atom stereocenters. The van der Waals surface area contributed by atoms with Gasteiger partial charge >= 0.3 is 0 Å². The van der Waals surface area contributed by atoms with E-state index in [0.29, 0.717) is 11.3 Å².